The van der Waals surface area contributed by atoms with Crippen LogP contribution in [0.15, 0.2) is 35.2 Å². The maximum absolute atomic E-state index is 4.68. The molecule has 0 unspecified atom stereocenters. The molecule has 2 N–H and O–H groups in total. The highest BCUT2D eigenvalue weighted by Crippen LogP contribution is 2.24. The van der Waals surface area contributed by atoms with Crippen LogP contribution in [-0.2, 0) is 13.6 Å². The monoisotopic (exact) mass is 373 g/mol. The van der Waals surface area contributed by atoms with Gasteiger partial charge in [0, 0.05) is 32.7 Å². The first-order valence-corrected chi connectivity index (χ1v) is 9.84. The number of anilines is 1. The number of aliphatic imine (C=N–C) groups is 1. The van der Waals surface area contributed by atoms with Crippen molar-refractivity contribution < 1.29 is 0 Å². The van der Waals surface area contributed by atoms with E-state index in [9.17, 15) is 0 Å². The molecule has 0 saturated carbocycles. The molecule has 3 rings (SSSR count). The van der Waals surface area contributed by atoms with Gasteiger partial charge in [0.25, 0.3) is 0 Å². The van der Waals surface area contributed by atoms with E-state index in [1.165, 1.54) is 5.00 Å². The highest BCUT2D eigenvalue weighted by Gasteiger charge is 2.20. The van der Waals surface area contributed by atoms with Crippen molar-refractivity contribution >= 4 is 22.3 Å². The molecular formula is C18H27N7S. The van der Waals surface area contributed by atoms with E-state index in [4.69, 9.17) is 0 Å². The van der Waals surface area contributed by atoms with Crippen LogP contribution in [-0.4, -0.2) is 46.4 Å². The van der Waals surface area contributed by atoms with Crippen molar-refractivity contribution in [2.45, 2.75) is 32.4 Å². The standard InChI is InChI=1S/C18H27N7S/c1-4-9-19-18(20-13-16-23-22-14(2)24(16)3)21-15-7-10-25(11-8-15)17-6-5-12-26-17/h4-6,12,15H,1,7-11,13H2,2-3H3,(H2,19,20,21). The van der Waals surface area contributed by atoms with E-state index in [1.54, 1.807) is 0 Å². The van der Waals surface area contributed by atoms with Crippen molar-refractivity contribution in [3.8, 4) is 0 Å². The van der Waals surface area contributed by atoms with Gasteiger partial charge in [0.1, 0.15) is 12.4 Å². The summed E-state index contributed by atoms with van der Waals surface area (Å²) < 4.78 is 1.97. The minimum Gasteiger partial charge on any atom is -0.363 e. The Morgan fingerprint density at radius 3 is 2.85 bits per heavy atom. The van der Waals surface area contributed by atoms with E-state index in [1.807, 2.05) is 36.0 Å². The van der Waals surface area contributed by atoms with E-state index in [-0.39, 0.29) is 0 Å². The Morgan fingerprint density at radius 2 is 2.23 bits per heavy atom. The second kappa shape index (κ2) is 8.84. The summed E-state index contributed by atoms with van der Waals surface area (Å²) in [5, 5.41) is 18.6. The minimum absolute atomic E-state index is 0.420. The molecule has 0 amide bonds. The molecule has 0 aromatic carbocycles. The van der Waals surface area contributed by atoms with Gasteiger partial charge in [0.2, 0.25) is 0 Å². The molecule has 1 aliphatic heterocycles. The van der Waals surface area contributed by atoms with E-state index in [0.717, 1.165) is 43.5 Å². The number of rotatable bonds is 6. The van der Waals surface area contributed by atoms with Gasteiger partial charge < -0.3 is 20.1 Å². The SMILES string of the molecule is C=CCNC(=NCc1nnc(C)n1C)NC1CCN(c2cccs2)CC1. The number of piperidine rings is 1. The van der Waals surface area contributed by atoms with Gasteiger partial charge in [-0.2, -0.15) is 0 Å². The Bertz CT molecular complexity index is 727. The van der Waals surface area contributed by atoms with Crippen molar-refractivity contribution in [2.24, 2.45) is 12.0 Å². The predicted molar refractivity (Wildman–Crippen MR) is 108 cm³/mol. The molecule has 26 heavy (non-hydrogen) atoms. The van der Waals surface area contributed by atoms with Gasteiger partial charge in [0.15, 0.2) is 11.8 Å². The molecule has 8 heteroatoms. The summed E-state index contributed by atoms with van der Waals surface area (Å²) in [7, 11) is 1.96. The van der Waals surface area contributed by atoms with Gasteiger partial charge in [-0.25, -0.2) is 4.99 Å². The van der Waals surface area contributed by atoms with Gasteiger partial charge >= 0.3 is 0 Å². The molecule has 0 atom stereocenters. The van der Waals surface area contributed by atoms with Crippen LogP contribution >= 0.6 is 11.3 Å². The first kappa shape index (κ1) is 18.4. The zero-order valence-electron chi connectivity index (χ0n) is 15.5. The fraction of sp³-hybridized carbons (Fsp3) is 0.500. The highest BCUT2D eigenvalue weighted by atomic mass is 32.1. The van der Waals surface area contributed by atoms with Crippen LogP contribution in [0.5, 0.6) is 0 Å². The Kier molecular flexibility index (Phi) is 6.27. The highest BCUT2D eigenvalue weighted by molar-refractivity contribution is 7.14. The average Bonchev–Trinajstić information content (AvgIpc) is 3.30. The molecule has 3 heterocycles. The Morgan fingerprint density at radius 1 is 1.42 bits per heavy atom. The van der Waals surface area contributed by atoms with Gasteiger partial charge in [-0.15, -0.1) is 28.1 Å². The van der Waals surface area contributed by atoms with E-state index >= 15 is 0 Å². The number of hydrogen-bond donors (Lipinski definition) is 2. The summed E-state index contributed by atoms with van der Waals surface area (Å²) in [4.78, 5) is 7.14. The zero-order valence-corrected chi connectivity index (χ0v) is 16.3. The first-order chi connectivity index (χ1) is 12.7. The zero-order chi connectivity index (χ0) is 18.4. The molecule has 140 valence electrons. The number of guanidine groups is 1. The van der Waals surface area contributed by atoms with E-state index in [2.05, 4.69) is 54.8 Å². The maximum atomic E-state index is 4.68. The van der Waals surface area contributed by atoms with Crippen LogP contribution in [0.3, 0.4) is 0 Å². The van der Waals surface area contributed by atoms with E-state index < -0.39 is 0 Å². The fourth-order valence-electron chi connectivity index (χ4n) is 2.95. The fourth-order valence-corrected chi connectivity index (χ4v) is 3.73. The summed E-state index contributed by atoms with van der Waals surface area (Å²) in [6, 6.07) is 4.73. The Balaban J connectivity index is 1.57. The summed E-state index contributed by atoms with van der Waals surface area (Å²) in [5.41, 5.74) is 0. The summed E-state index contributed by atoms with van der Waals surface area (Å²) in [5.74, 6) is 2.56. The van der Waals surface area contributed by atoms with E-state index in [0.29, 0.717) is 19.1 Å². The van der Waals surface area contributed by atoms with Gasteiger partial charge in [-0.05, 0) is 37.3 Å². The third kappa shape index (κ3) is 4.63. The maximum Gasteiger partial charge on any atom is 0.192 e. The topological polar surface area (TPSA) is 70.4 Å². The molecule has 7 nitrogen and oxygen atoms in total. The van der Waals surface area contributed by atoms with Crippen LogP contribution < -0.4 is 15.5 Å². The number of thiophene rings is 1. The molecule has 0 bridgehead atoms. The quantitative estimate of drug-likeness (QED) is 0.461. The molecule has 1 fully saturated rings. The molecule has 0 aliphatic carbocycles. The molecule has 2 aromatic rings. The lowest BCUT2D eigenvalue weighted by molar-refractivity contribution is 0.463. The van der Waals surface area contributed by atoms with Crippen molar-refractivity contribution in [3.05, 3.63) is 41.8 Å². The molecule has 0 radical (unpaired) electrons. The Hall–Kier alpha value is -2.35. The number of aromatic nitrogens is 3. The van der Waals surface area contributed by atoms with Gasteiger partial charge in [-0.1, -0.05) is 6.08 Å². The summed E-state index contributed by atoms with van der Waals surface area (Å²) in [6.07, 6.45) is 4.02. The van der Waals surface area contributed by atoms with Crippen LogP contribution in [0.2, 0.25) is 0 Å². The van der Waals surface area contributed by atoms with Crippen molar-refractivity contribution in [1.82, 2.24) is 25.4 Å². The average molecular weight is 374 g/mol. The number of hydrogen-bond acceptors (Lipinski definition) is 5. The van der Waals surface area contributed by atoms with Gasteiger partial charge in [-0.3, -0.25) is 0 Å². The third-order valence-electron chi connectivity index (χ3n) is 4.63. The largest absolute Gasteiger partial charge is 0.363 e. The van der Waals surface area contributed by atoms with Crippen LogP contribution in [0.1, 0.15) is 24.5 Å². The normalized spacial score (nSPS) is 15.9. The van der Waals surface area contributed by atoms with Crippen molar-refractivity contribution in [1.29, 1.82) is 0 Å². The van der Waals surface area contributed by atoms with Crippen LogP contribution in [0, 0.1) is 6.92 Å². The third-order valence-corrected chi connectivity index (χ3v) is 5.56. The number of nitrogens with zero attached hydrogens (tertiary/aromatic N) is 5. The minimum atomic E-state index is 0.420. The predicted octanol–water partition coefficient (Wildman–Crippen LogP) is 2.08. The molecule has 1 saturated heterocycles. The second-order valence-electron chi connectivity index (χ2n) is 6.41. The second-order valence-corrected chi connectivity index (χ2v) is 7.34. The number of aryl methyl sites for hydroxylation is 1. The smallest absolute Gasteiger partial charge is 0.192 e. The molecule has 1 aliphatic rings. The van der Waals surface area contributed by atoms with Crippen LogP contribution in [0.25, 0.3) is 0 Å². The summed E-state index contributed by atoms with van der Waals surface area (Å²) in [6.45, 7) is 9.02. The molecule has 0 spiro atoms. The lowest BCUT2D eigenvalue weighted by atomic mass is 10.1. The Labute approximate surface area is 158 Å². The lowest BCUT2D eigenvalue weighted by Crippen LogP contribution is -2.48. The van der Waals surface area contributed by atoms with Crippen LogP contribution in [0.4, 0.5) is 5.00 Å². The number of nitrogens with one attached hydrogen (secondary N) is 2. The van der Waals surface area contributed by atoms with Gasteiger partial charge in [0.05, 0.1) is 5.00 Å². The summed E-state index contributed by atoms with van der Waals surface area (Å²) >= 11 is 1.81. The first-order valence-electron chi connectivity index (χ1n) is 8.96. The van der Waals surface area contributed by atoms with Crippen molar-refractivity contribution in [2.75, 3.05) is 24.5 Å². The molecule has 2 aromatic heterocycles. The molecular weight excluding hydrogens is 346 g/mol. The van der Waals surface area contributed by atoms with Crippen molar-refractivity contribution in [3.63, 3.8) is 0 Å². The lowest BCUT2D eigenvalue weighted by Gasteiger charge is -2.33.